The van der Waals surface area contributed by atoms with Gasteiger partial charge in [0.1, 0.15) is 5.88 Å². The zero-order valence-electron chi connectivity index (χ0n) is 4.80. The molecular weight excluding hydrogens is 167 g/mol. The SMILES string of the molecule is CON[N+](=O)[C@@H](Cl)CCl. The first-order chi connectivity index (χ1) is 4.22. The standard InChI is InChI=1S/C3H7Cl2N2O2/c1-9-6-7(8)3(5)2-4/h3H,2H2,1H3,(H,6,8)/q+1/t3-/m1/s1. The van der Waals surface area contributed by atoms with Crippen LogP contribution < -0.4 is 5.59 Å². The van der Waals surface area contributed by atoms with Crippen LogP contribution in [0.2, 0.25) is 0 Å². The maximum absolute atomic E-state index is 10.4. The van der Waals surface area contributed by atoms with Crippen molar-refractivity contribution in [3.63, 3.8) is 0 Å². The first-order valence-corrected chi connectivity index (χ1v) is 3.14. The van der Waals surface area contributed by atoms with Gasteiger partial charge in [0.05, 0.1) is 12.0 Å². The lowest BCUT2D eigenvalue weighted by atomic mass is 10.8. The summed E-state index contributed by atoms with van der Waals surface area (Å²) in [6.45, 7) is 0. The summed E-state index contributed by atoms with van der Waals surface area (Å²) < 4.78 is 0. The van der Waals surface area contributed by atoms with Gasteiger partial charge in [0.25, 0.3) is 0 Å². The Balaban J connectivity index is 3.46. The largest absolute Gasteiger partial charge is 0.323 e. The summed E-state index contributed by atoms with van der Waals surface area (Å²) in [5, 5.41) is 0. The number of hydrogen-bond donors (Lipinski definition) is 1. The van der Waals surface area contributed by atoms with E-state index in [1.165, 1.54) is 7.11 Å². The summed E-state index contributed by atoms with van der Waals surface area (Å²) in [6, 6.07) is 0. The molecule has 4 nitrogen and oxygen atoms in total. The molecule has 0 unspecified atom stereocenters. The lowest BCUT2D eigenvalue weighted by Gasteiger charge is -1.94. The molecule has 0 radical (unpaired) electrons. The Labute approximate surface area is 62.6 Å². The van der Waals surface area contributed by atoms with Crippen LogP contribution in [0.1, 0.15) is 0 Å². The molecule has 0 aliphatic rings. The van der Waals surface area contributed by atoms with E-state index in [4.69, 9.17) is 23.2 Å². The van der Waals surface area contributed by atoms with Crippen molar-refractivity contribution in [2.75, 3.05) is 13.0 Å². The normalized spacial score (nSPS) is 12.8. The number of hydrazine groups is 1. The van der Waals surface area contributed by atoms with E-state index in [1.54, 1.807) is 0 Å². The Morgan fingerprint density at radius 3 is 2.78 bits per heavy atom. The summed E-state index contributed by atoms with van der Waals surface area (Å²) >= 11 is 10.5. The Hall–Kier alpha value is -0.0600. The Morgan fingerprint density at radius 1 is 1.89 bits per heavy atom. The van der Waals surface area contributed by atoms with Crippen LogP contribution in [-0.4, -0.2) is 23.4 Å². The van der Waals surface area contributed by atoms with Gasteiger partial charge in [-0.05, 0) is 17.2 Å². The fourth-order valence-corrected chi connectivity index (χ4v) is 0.375. The van der Waals surface area contributed by atoms with Gasteiger partial charge in [0, 0.05) is 0 Å². The Morgan fingerprint density at radius 2 is 2.44 bits per heavy atom. The average Bonchev–Trinajstić information content (AvgIpc) is 1.87. The minimum atomic E-state index is -0.799. The molecule has 9 heavy (non-hydrogen) atoms. The van der Waals surface area contributed by atoms with E-state index in [-0.39, 0.29) is 5.88 Å². The van der Waals surface area contributed by atoms with Crippen LogP contribution in [0.3, 0.4) is 0 Å². The van der Waals surface area contributed by atoms with Crippen LogP contribution in [0, 0.1) is 4.91 Å². The lowest BCUT2D eigenvalue weighted by Crippen LogP contribution is -2.32. The highest BCUT2D eigenvalue weighted by Crippen LogP contribution is 1.96. The first-order valence-electron chi connectivity index (χ1n) is 2.17. The zero-order chi connectivity index (χ0) is 7.28. The van der Waals surface area contributed by atoms with Crippen molar-refractivity contribution < 1.29 is 9.71 Å². The fourth-order valence-electron chi connectivity index (χ4n) is 0.210. The molecule has 1 atom stereocenters. The summed E-state index contributed by atoms with van der Waals surface area (Å²) in [7, 11) is 1.31. The summed E-state index contributed by atoms with van der Waals surface area (Å²) in [5.41, 5.74) is 1.16. The third-order valence-electron chi connectivity index (χ3n) is 0.563. The second-order valence-electron chi connectivity index (χ2n) is 1.21. The highest BCUT2D eigenvalue weighted by atomic mass is 35.5. The molecule has 0 aliphatic heterocycles. The van der Waals surface area contributed by atoms with Gasteiger partial charge < -0.3 is 0 Å². The second-order valence-corrected chi connectivity index (χ2v) is 2.02. The van der Waals surface area contributed by atoms with E-state index >= 15 is 0 Å². The van der Waals surface area contributed by atoms with Crippen molar-refractivity contribution in [3.05, 3.63) is 4.91 Å². The molecule has 0 aromatic rings. The van der Waals surface area contributed by atoms with E-state index in [9.17, 15) is 4.91 Å². The maximum atomic E-state index is 10.4. The highest BCUT2D eigenvalue weighted by molar-refractivity contribution is 6.27. The zero-order valence-corrected chi connectivity index (χ0v) is 6.32. The topological polar surface area (TPSA) is 41.3 Å². The Bertz CT molecular complexity index is 99.8. The van der Waals surface area contributed by atoms with Crippen molar-refractivity contribution in [1.29, 1.82) is 0 Å². The van der Waals surface area contributed by atoms with Crippen LogP contribution in [0.15, 0.2) is 0 Å². The summed E-state index contributed by atoms with van der Waals surface area (Å²) in [4.78, 5) is 15.0. The smallest absolute Gasteiger partial charge is 0.228 e. The number of alkyl halides is 2. The molecule has 0 bridgehead atoms. The van der Waals surface area contributed by atoms with Gasteiger partial charge in [0.15, 0.2) is 4.87 Å². The quantitative estimate of drug-likeness (QED) is 0.294. The molecule has 0 fully saturated rings. The molecule has 0 rings (SSSR count). The summed E-state index contributed by atoms with van der Waals surface area (Å²) in [6.07, 6.45) is 0. The predicted octanol–water partition coefficient (Wildman–Crippen LogP) is 0.635. The minimum Gasteiger partial charge on any atom is -0.228 e. The van der Waals surface area contributed by atoms with Gasteiger partial charge in [-0.1, -0.05) is 0 Å². The van der Waals surface area contributed by atoms with Gasteiger partial charge >= 0.3 is 5.50 Å². The number of nitroso groups, excluding NO2 is 1. The van der Waals surface area contributed by atoms with Crippen molar-refractivity contribution in [3.8, 4) is 0 Å². The van der Waals surface area contributed by atoms with E-state index in [2.05, 4.69) is 4.84 Å². The summed E-state index contributed by atoms with van der Waals surface area (Å²) in [5.74, 6) is 0.0431. The molecule has 0 saturated heterocycles. The number of halogens is 2. The van der Waals surface area contributed by atoms with E-state index in [1.807, 2.05) is 5.59 Å². The van der Waals surface area contributed by atoms with E-state index in [0.717, 1.165) is 0 Å². The minimum absolute atomic E-state index is 0.0431. The van der Waals surface area contributed by atoms with E-state index < -0.39 is 5.50 Å². The molecule has 1 N–H and O–H groups in total. The molecule has 0 heterocycles. The fraction of sp³-hybridized carbons (Fsp3) is 1.00. The number of hydrogen-bond acceptors (Lipinski definition) is 2. The molecule has 0 saturated carbocycles. The third-order valence-corrected chi connectivity index (χ3v) is 1.34. The van der Waals surface area contributed by atoms with Crippen molar-refractivity contribution >= 4 is 23.2 Å². The maximum Gasteiger partial charge on any atom is 0.323 e. The van der Waals surface area contributed by atoms with E-state index in [0.29, 0.717) is 4.87 Å². The Kier molecular flexibility index (Phi) is 4.75. The molecule has 6 heteroatoms. The number of nitrogens with zero attached hydrogens (tertiary/aromatic N) is 1. The van der Waals surface area contributed by atoms with Gasteiger partial charge in [-0.3, -0.25) is 0 Å². The molecule has 0 aromatic carbocycles. The van der Waals surface area contributed by atoms with Crippen LogP contribution in [-0.2, 0) is 4.84 Å². The van der Waals surface area contributed by atoms with Gasteiger partial charge in [-0.2, -0.15) is 0 Å². The number of nitrogens with one attached hydrogen (secondary N) is 1. The molecule has 54 valence electrons. The highest BCUT2D eigenvalue weighted by Gasteiger charge is 2.20. The van der Waals surface area contributed by atoms with Crippen molar-refractivity contribution in [1.82, 2.24) is 5.59 Å². The molecule has 0 aliphatic carbocycles. The van der Waals surface area contributed by atoms with Crippen LogP contribution in [0.4, 0.5) is 0 Å². The van der Waals surface area contributed by atoms with Crippen LogP contribution >= 0.6 is 23.2 Å². The van der Waals surface area contributed by atoms with Gasteiger partial charge in [0.2, 0.25) is 0 Å². The average molecular weight is 174 g/mol. The molecule has 0 amide bonds. The van der Waals surface area contributed by atoms with Crippen molar-refractivity contribution in [2.24, 2.45) is 0 Å². The third kappa shape index (κ3) is 3.51. The second kappa shape index (κ2) is 4.78. The first kappa shape index (κ1) is 8.94. The predicted molar refractivity (Wildman–Crippen MR) is 34.1 cm³/mol. The van der Waals surface area contributed by atoms with Crippen LogP contribution in [0.5, 0.6) is 0 Å². The van der Waals surface area contributed by atoms with Crippen molar-refractivity contribution in [2.45, 2.75) is 5.50 Å². The molecule has 0 aromatic heterocycles. The van der Waals surface area contributed by atoms with Gasteiger partial charge in [-0.15, -0.1) is 11.6 Å². The van der Waals surface area contributed by atoms with Crippen LogP contribution in [0.25, 0.3) is 0 Å². The monoisotopic (exact) mass is 173 g/mol. The van der Waals surface area contributed by atoms with Gasteiger partial charge in [-0.25, -0.2) is 4.84 Å². The lowest BCUT2D eigenvalue weighted by molar-refractivity contribution is -0.667. The molecule has 0 spiro atoms. The molecular formula is C3H7Cl2N2O2+. The number of rotatable bonds is 4.